The lowest BCUT2D eigenvalue weighted by atomic mass is 9.98. The van der Waals surface area contributed by atoms with E-state index in [1.165, 1.54) is 0 Å². The van der Waals surface area contributed by atoms with Crippen molar-refractivity contribution in [1.82, 2.24) is 15.5 Å². The maximum Gasteiger partial charge on any atom is 0.407 e. The highest BCUT2D eigenvalue weighted by atomic mass is 16.5. The van der Waals surface area contributed by atoms with Gasteiger partial charge in [-0.3, -0.25) is 5.10 Å². The highest BCUT2D eigenvalue weighted by molar-refractivity contribution is 5.84. The van der Waals surface area contributed by atoms with E-state index >= 15 is 0 Å². The number of H-pyrrole nitrogens is 1. The average molecular weight is 427 g/mol. The number of nitrogens with one attached hydrogen (secondary N) is 2. The molecular weight excluding hydrogens is 406 g/mol. The molecule has 1 aliphatic carbocycles. The van der Waals surface area contributed by atoms with Gasteiger partial charge < -0.3 is 15.2 Å². The second-order valence-electron chi connectivity index (χ2n) is 7.82. The highest BCUT2D eigenvalue weighted by Gasteiger charge is 2.30. The summed E-state index contributed by atoms with van der Waals surface area (Å²) in [7, 11) is 0. The van der Waals surface area contributed by atoms with E-state index in [-0.39, 0.29) is 18.9 Å². The number of hydrogen-bond acceptors (Lipinski definition) is 4. The number of carbonyl (C=O) groups is 2. The first kappa shape index (κ1) is 19.8. The summed E-state index contributed by atoms with van der Waals surface area (Å²) in [5.74, 6) is -1.22. The summed E-state index contributed by atoms with van der Waals surface area (Å²) < 4.78 is 5.50. The zero-order chi connectivity index (χ0) is 22.1. The van der Waals surface area contributed by atoms with Crippen LogP contribution in [-0.4, -0.2) is 40.0 Å². The molecule has 0 unspecified atom stereocenters. The van der Waals surface area contributed by atoms with Gasteiger partial charge in [-0.1, -0.05) is 66.7 Å². The topological polar surface area (TPSA) is 104 Å². The molecule has 0 bridgehead atoms. The van der Waals surface area contributed by atoms with Crippen LogP contribution in [0.25, 0.3) is 22.0 Å². The first-order valence-electron chi connectivity index (χ1n) is 10.4. The number of hydrogen-bond donors (Lipinski definition) is 3. The summed E-state index contributed by atoms with van der Waals surface area (Å²) in [6.07, 6.45) is 1.03. The number of ether oxygens (including phenoxy) is 1. The number of para-hydroxylation sites is 1. The molecule has 32 heavy (non-hydrogen) atoms. The van der Waals surface area contributed by atoms with Crippen molar-refractivity contribution in [3.63, 3.8) is 0 Å². The van der Waals surface area contributed by atoms with Crippen molar-refractivity contribution in [3.05, 3.63) is 89.6 Å². The van der Waals surface area contributed by atoms with Gasteiger partial charge in [-0.15, -0.1) is 0 Å². The number of aliphatic carboxylic acids is 1. The van der Waals surface area contributed by atoms with Crippen LogP contribution < -0.4 is 5.32 Å². The monoisotopic (exact) mass is 427 g/mol. The Bertz CT molecular complexity index is 1270. The molecular formula is C25H21N3O4. The van der Waals surface area contributed by atoms with E-state index < -0.39 is 18.1 Å². The lowest BCUT2D eigenvalue weighted by molar-refractivity contribution is -0.139. The Morgan fingerprint density at radius 2 is 1.69 bits per heavy atom. The van der Waals surface area contributed by atoms with E-state index in [2.05, 4.69) is 27.6 Å². The number of benzene rings is 3. The van der Waals surface area contributed by atoms with Crippen molar-refractivity contribution >= 4 is 23.0 Å². The molecule has 0 aliphatic heterocycles. The Morgan fingerprint density at radius 3 is 2.38 bits per heavy atom. The SMILES string of the molecule is O=C(N[C@H](Cc1cccc2cn[nH]c12)C(=O)O)OCC1c2ccccc2-c2ccccc21. The van der Waals surface area contributed by atoms with Crippen LogP contribution in [0.3, 0.4) is 0 Å². The number of alkyl carbamates (subject to hydrolysis) is 1. The van der Waals surface area contributed by atoms with Gasteiger partial charge in [0.1, 0.15) is 12.6 Å². The Hall–Kier alpha value is -4.13. The Balaban J connectivity index is 1.29. The Morgan fingerprint density at radius 1 is 1.00 bits per heavy atom. The Labute approximate surface area is 184 Å². The summed E-state index contributed by atoms with van der Waals surface area (Å²) in [4.78, 5) is 24.3. The van der Waals surface area contributed by atoms with E-state index in [4.69, 9.17) is 4.74 Å². The summed E-state index contributed by atoms with van der Waals surface area (Å²) in [5, 5.41) is 19.9. The zero-order valence-corrected chi connectivity index (χ0v) is 17.1. The predicted molar refractivity (Wildman–Crippen MR) is 119 cm³/mol. The molecule has 1 amide bonds. The molecule has 3 aromatic carbocycles. The first-order chi connectivity index (χ1) is 15.6. The molecule has 7 nitrogen and oxygen atoms in total. The van der Waals surface area contributed by atoms with Crippen molar-refractivity contribution in [2.75, 3.05) is 6.61 Å². The molecule has 7 heteroatoms. The quantitative estimate of drug-likeness (QED) is 0.430. The van der Waals surface area contributed by atoms with Crippen molar-refractivity contribution in [3.8, 4) is 11.1 Å². The molecule has 3 N–H and O–H groups in total. The van der Waals surface area contributed by atoms with E-state index in [9.17, 15) is 14.7 Å². The second kappa shape index (κ2) is 8.19. The number of carboxylic acids is 1. The third-order valence-electron chi connectivity index (χ3n) is 5.92. The normalized spacial score (nSPS) is 13.4. The van der Waals surface area contributed by atoms with E-state index in [1.54, 1.807) is 6.20 Å². The van der Waals surface area contributed by atoms with Crippen LogP contribution in [0.4, 0.5) is 4.79 Å². The summed E-state index contributed by atoms with van der Waals surface area (Å²) in [6.45, 7) is 0.127. The van der Waals surface area contributed by atoms with Gasteiger partial charge in [-0.25, -0.2) is 9.59 Å². The molecule has 160 valence electrons. The van der Waals surface area contributed by atoms with Crippen LogP contribution >= 0.6 is 0 Å². The number of carbonyl (C=O) groups excluding carboxylic acids is 1. The number of nitrogens with zero attached hydrogens (tertiary/aromatic N) is 1. The molecule has 0 spiro atoms. The first-order valence-corrected chi connectivity index (χ1v) is 10.4. The summed E-state index contributed by atoms with van der Waals surface area (Å²) in [6, 6.07) is 20.5. The minimum Gasteiger partial charge on any atom is -0.480 e. The minimum atomic E-state index is -1.13. The molecule has 0 fully saturated rings. The van der Waals surface area contributed by atoms with E-state index in [0.29, 0.717) is 0 Å². The van der Waals surface area contributed by atoms with Crippen LogP contribution in [0.1, 0.15) is 22.6 Å². The van der Waals surface area contributed by atoms with Gasteiger partial charge in [0.25, 0.3) is 0 Å². The van der Waals surface area contributed by atoms with Gasteiger partial charge in [0.15, 0.2) is 0 Å². The maximum absolute atomic E-state index is 12.5. The number of fused-ring (bicyclic) bond motifs is 4. The van der Waals surface area contributed by atoms with Gasteiger partial charge in [0.2, 0.25) is 0 Å². The number of rotatable bonds is 6. The molecule has 5 rings (SSSR count). The lowest BCUT2D eigenvalue weighted by Gasteiger charge is -2.17. The molecule has 0 saturated carbocycles. The number of carboxylic acid groups (broad SMARTS) is 1. The number of aromatic nitrogens is 2. The second-order valence-corrected chi connectivity index (χ2v) is 7.82. The average Bonchev–Trinajstić information content (AvgIpc) is 3.41. The number of aromatic amines is 1. The molecule has 0 radical (unpaired) electrons. The van der Waals surface area contributed by atoms with Crippen LogP contribution in [0.15, 0.2) is 72.9 Å². The fourth-order valence-electron chi connectivity index (χ4n) is 4.40. The molecule has 4 aromatic rings. The molecule has 1 aromatic heterocycles. The third kappa shape index (κ3) is 3.58. The zero-order valence-electron chi connectivity index (χ0n) is 17.1. The molecule has 1 heterocycles. The van der Waals surface area contributed by atoms with Gasteiger partial charge in [0.05, 0.1) is 11.7 Å². The maximum atomic E-state index is 12.5. The predicted octanol–water partition coefficient (Wildman–Crippen LogP) is 4.10. The summed E-state index contributed by atoms with van der Waals surface area (Å²) in [5.41, 5.74) is 5.98. The highest BCUT2D eigenvalue weighted by Crippen LogP contribution is 2.44. The third-order valence-corrected chi connectivity index (χ3v) is 5.92. The minimum absolute atomic E-state index is 0.0878. The van der Waals surface area contributed by atoms with Gasteiger partial charge in [-0.05, 0) is 27.8 Å². The Kier molecular flexibility index (Phi) is 5.07. The smallest absolute Gasteiger partial charge is 0.407 e. The van der Waals surface area contributed by atoms with E-state index in [0.717, 1.165) is 38.7 Å². The van der Waals surface area contributed by atoms with Gasteiger partial charge in [-0.2, -0.15) is 5.10 Å². The van der Waals surface area contributed by atoms with E-state index in [1.807, 2.05) is 54.6 Å². The molecule has 0 saturated heterocycles. The van der Waals surface area contributed by atoms with Crippen LogP contribution in [0, 0.1) is 0 Å². The number of amides is 1. The van der Waals surface area contributed by atoms with Gasteiger partial charge in [0, 0.05) is 17.7 Å². The van der Waals surface area contributed by atoms with Gasteiger partial charge >= 0.3 is 12.1 Å². The largest absolute Gasteiger partial charge is 0.480 e. The van der Waals surface area contributed by atoms with Crippen LogP contribution in [0.5, 0.6) is 0 Å². The fraction of sp³-hybridized carbons (Fsp3) is 0.160. The van der Waals surface area contributed by atoms with Crippen LogP contribution in [0.2, 0.25) is 0 Å². The fourth-order valence-corrected chi connectivity index (χ4v) is 4.40. The van der Waals surface area contributed by atoms with Crippen molar-refractivity contribution in [1.29, 1.82) is 0 Å². The summed E-state index contributed by atoms with van der Waals surface area (Å²) >= 11 is 0. The lowest BCUT2D eigenvalue weighted by Crippen LogP contribution is -2.43. The molecule has 1 atom stereocenters. The van der Waals surface area contributed by atoms with Crippen molar-refractivity contribution in [2.45, 2.75) is 18.4 Å². The van der Waals surface area contributed by atoms with Crippen molar-refractivity contribution < 1.29 is 19.4 Å². The van der Waals surface area contributed by atoms with Crippen LogP contribution in [-0.2, 0) is 16.0 Å². The molecule has 1 aliphatic rings. The van der Waals surface area contributed by atoms with Crippen molar-refractivity contribution in [2.24, 2.45) is 0 Å². The standard InChI is InChI=1S/C25H21N3O4/c29-24(30)22(12-15-6-5-7-16-13-26-28-23(15)16)27-25(31)32-14-21-19-10-3-1-8-17(19)18-9-2-4-11-20(18)21/h1-11,13,21-22H,12,14H2,(H,26,28)(H,27,31)(H,29,30)/t22-/m1/s1.